The number of amides is 2. The zero-order chi connectivity index (χ0) is 21.3. The van der Waals surface area contributed by atoms with Crippen molar-refractivity contribution < 1.29 is 14.3 Å². The fourth-order valence-corrected chi connectivity index (χ4v) is 3.79. The minimum absolute atomic E-state index is 0.0515. The van der Waals surface area contributed by atoms with Gasteiger partial charge in [0.1, 0.15) is 12.4 Å². The predicted octanol–water partition coefficient (Wildman–Crippen LogP) is 5.25. The van der Waals surface area contributed by atoms with Gasteiger partial charge in [-0.15, -0.1) is 0 Å². The molecule has 0 atom stereocenters. The second kappa shape index (κ2) is 7.82. The first-order chi connectivity index (χ1) is 14.4. The number of anilines is 2. The van der Waals surface area contributed by atoms with Crippen LogP contribution in [-0.4, -0.2) is 25.0 Å². The van der Waals surface area contributed by atoms with Crippen molar-refractivity contribution in [2.75, 3.05) is 23.4 Å². The van der Waals surface area contributed by atoms with E-state index in [1.807, 2.05) is 75.4 Å². The first kappa shape index (κ1) is 20.0. The van der Waals surface area contributed by atoms with E-state index in [9.17, 15) is 9.59 Å². The highest BCUT2D eigenvalue weighted by atomic mass is 16.5. The van der Waals surface area contributed by atoms with Gasteiger partial charge in [-0.05, 0) is 49.2 Å². The number of hydrogen-bond acceptors (Lipinski definition) is 3. The molecular weight excluding hydrogens is 376 g/mol. The van der Waals surface area contributed by atoms with E-state index in [2.05, 4.69) is 5.32 Å². The Morgan fingerprint density at radius 3 is 2.67 bits per heavy atom. The largest absolute Gasteiger partial charge is 0.490 e. The van der Waals surface area contributed by atoms with Crippen LogP contribution in [0.4, 0.5) is 11.4 Å². The lowest BCUT2D eigenvalue weighted by Gasteiger charge is -2.27. The molecule has 0 aliphatic carbocycles. The van der Waals surface area contributed by atoms with E-state index in [1.165, 1.54) is 0 Å². The monoisotopic (exact) mass is 402 g/mol. The molecule has 0 fully saturated rings. The van der Waals surface area contributed by atoms with E-state index in [4.69, 9.17) is 4.74 Å². The average molecular weight is 402 g/mol. The van der Waals surface area contributed by atoms with E-state index in [1.54, 1.807) is 11.0 Å². The van der Waals surface area contributed by atoms with Gasteiger partial charge < -0.3 is 15.0 Å². The molecule has 2 amide bonds. The van der Waals surface area contributed by atoms with Crippen LogP contribution >= 0.6 is 0 Å². The summed E-state index contributed by atoms with van der Waals surface area (Å²) in [5.74, 6) is 0.482. The summed E-state index contributed by atoms with van der Waals surface area (Å²) in [7, 11) is 0. The maximum Gasteiger partial charge on any atom is 0.256 e. The van der Waals surface area contributed by atoms with Gasteiger partial charge in [-0.1, -0.05) is 43.3 Å². The minimum Gasteiger partial charge on any atom is -0.490 e. The Labute approximate surface area is 176 Å². The molecule has 0 bridgehead atoms. The molecule has 0 radical (unpaired) electrons. The number of fused-ring (bicyclic) bond motifs is 2. The Hall–Kier alpha value is -3.34. The maximum atomic E-state index is 13.0. The Balaban J connectivity index is 1.65. The molecule has 154 valence electrons. The normalized spacial score (nSPS) is 15.3. The van der Waals surface area contributed by atoms with Gasteiger partial charge in [-0.2, -0.15) is 0 Å². The molecule has 3 aromatic carbocycles. The van der Waals surface area contributed by atoms with Crippen LogP contribution in [0.25, 0.3) is 10.8 Å². The summed E-state index contributed by atoms with van der Waals surface area (Å²) >= 11 is 0. The zero-order valence-electron chi connectivity index (χ0n) is 17.6. The highest BCUT2D eigenvalue weighted by Gasteiger charge is 2.37. The summed E-state index contributed by atoms with van der Waals surface area (Å²) in [6, 6.07) is 19.0. The van der Waals surface area contributed by atoms with E-state index in [0.717, 1.165) is 22.9 Å². The van der Waals surface area contributed by atoms with Crippen LogP contribution in [-0.2, 0) is 4.79 Å². The first-order valence-corrected chi connectivity index (χ1v) is 10.3. The van der Waals surface area contributed by atoms with Crippen LogP contribution in [0.5, 0.6) is 5.75 Å². The molecule has 3 aromatic rings. The zero-order valence-corrected chi connectivity index (χ0v) is 17.6. The molecule has 1 aliphatic rings. The maximum absolute atomic E-state index is 13.0. The number of ether oxygens (including phenoxy) is 1. The Kier molecular flexibility index (Phi) is 5.20. The number of rotatable bonds is 4. The second-order valence-corrected chi connectivity index (χ2v) is 8.29. The summed E-state index contributed by atoms with van der Waals surface area (Å²) in [6.07, 6.45) is 0.848. The molecule has 0 aromatic heterocycles. The van der Waals surface area contributed by atoms with Gasteiger partial charge in [-0.3, -0.25) is 9.59 Å². The van der Waals surface area contributed by atoms with Crippen molar-refractivity contribution in [2.45, 2.75) is 27.2 Å². The fourth-order valence-electron chi connectivity index (χ4n) is 3.79. The summed E-state index contributed by atoms with van der Waals surface area (Å²) in [5, 5.41) is 4.90. The Bertz CT molecular complexity index is 1120. The van der Waals surface area contributed by atoms with Crippen LogP contribution in [0.3, 0.4) is 0 Å². The lowest BCUT2D eigenvalue weighted by molar-refractivity contribution is -0.127. The lowest BCUT2D eigenvalue weighted by Crippen LogP contribution is -2.42. The summed E-state index contributed by atoms with van der Waals surface area (Å²) in [5.41, 5.74) is 1.39. The highest BCUT2D eigenvalue weighted by molar-refractivity contribution is 6.13. The molecule has 5 heteroatoms. The number of hydrogen-bond donors (Lipinski definition) is 1. The van der Waals surface area contributed by atoms with Crippen molar-refractivity contribution >= 4 is 34.0 Å². The van der Waals surface area contributed by atoms with Crippen molar-refractivity contribution in [3.63, 3.8) is 0 Å². The van der Waals surface area contributed by atoms with Crippen LogP contribution in [0.2, 0.25) is 0 Å². The third kappa shape index (κ3) is 3.63. The van der Waals surface area contributed by atoms with Crippen molar-refractivity contribution in [3.05, 3.63) is 66.2 Å². The first-order valence-electron chi connectivity index (χ1n) is 10.3. The standard InChI is InChI=1S/C25H26N2O3/c1-4-14-27-21-13-12-18(15-22(21)30-16-25(2,3)24(27)29)26-23(28)20-11-7-9-17-8-5-6-10-19(17)20/h5-13,15H,4,14,16H2,1-3H3,(H,26,28). The molecule has 0 saturated heterocycles. The highest BCUT2D eigenvalue weighted by Crippen LogP contribution is 2.38. The molecule has 1 aliphatic heterocycles. The predicted molar refractivity (Wildman–Crippen MR) is 120 cm³/mol. The molecule has 30 heavy (non-hydrogen) atoms. The Morgan fingerprint density at radius 1 is 1.10 bits per heavy atom. The summed E-state index contributed by atoms with van der Waals surface area (Å²) < 4.78 is 6.00. The number of nitrogens with zero attached hydrogens (tertiary/aromatic N) is 1. The topological polar surface area (TPSA) is 58.6 Å². The lowest BCUT2D eigenvalue weighted by atomic mass is 9.93. The molecule has 5 nitrogen and oxygen atoms in total. The van der Waals surface area contributed by atoms with Gasteiger partial charge in [0.05, 0.1) is 11.1 Å². The molecule has 1 N–H and O–H groups in total. The van der Waals surface area contributed by atoms with Gasteiger partial charge >= 0.3 is 0 Å². The third-order valence-electron chi connectivity index (χ3n) is 5.40. The van der Waals surface area contributed by atoms with Gasteiger partial charge in [0.25, 0.3) is 5.91 Å². The smallest absolute Gasteiger partial charge is 0.256 e. The van der Waals surface area contributed by atoms with Gasteiger partial charge in [0.15, 0.2) is 0 Å². The van der Waals surface area contributed by atoms with Crippen LogP contribution in [0, 0.1) is 5.41 Å². The molecule has 0 spiro atoms. The third-order valence-corrected chi connectivity index (χ3v) is 5.40. The van der Waals surface area contributed by atoms with E-state index < -0.39 is 5.41 Å². The molecular formula is C25H26N2O3. The number of carbonyl (C=O) groups is 2. The van der Waals surface area contributed by atoms with Crippen molar-refractivity contribution in [3.8, 4) is 5.75 Å². The quantitative estimate of drug-likeness (QED) is 0.648. The molecule has 0 unspecified atom stereocenters. The minimum atomic E-state index is -0.611. The van der Waals surface area contributed by atoms with Crippen LogP contribution in [0.1, 0.15) is 37.6 Å². The average Bonchev–Trinajstić information content (AvgIpc) is 2.83. The molecule has 0 saturated carbocycles. The van der Waals surface area contributed by atoms with Crippen molar-refractivity contribution in [2.24, 2.45) is 5.41 Å². The van der Waals surface area contributed by atoms with Crippen molar-refractivity contribution in [1.29, 1.82) is 0 Å². The Morgan fingerprint density at radius 2 is 1.87 bits per heavy atom. The second-order valence-electron chi connectivity index (χ2n) is 8.29. The van der Waals surface area contributed by atoms with E-state index >= 15 is 0 Å². The van der Waals surface area contributed by atoms with Crippen molar-refractivity contribution in [1.82, 2.24) is 0 Å². The van der Waals surface area contributed by atoms with Gasteiger partial charge in [0.2, 0.25) is 5.91 Å². The summed E-state index contributed by atoms with van der Waals surface area (Å²) in [4.78, 5) is 27.7. The number of carbonyl (C=O) groups excluding carboxylic acids is 2. The van der Waals surface area contributed by atoms with Crippen LogP contribution in [0.15, 0.2) is 60.7 Å². The number of nitrogens with one attached hydrogen (secondary N) is 1. The van der Waals surface area contributed by atoms with E-state index in [0.29, 0.717) is 30.2 Å². The van der Waals surface area contributed by atoms with Gasteiger partial charge in [0, 0.05) is 23.9 Å². The van der Waals surface area contributed by atoms with Crippen LogP contribution < -0.4 is 15.0 Å². The number of benzene rings is 3. The van der Waals surface area contributed by atoms with Gasteiger partial charge in [-0.25, -0.2) is 0 Å². The fraction of sp³-hybridized carbons (Fsp3) is 0.280. The molecule has 4 rings (SSSR count). The van der Waals surface area contributed by atoms with E-state index in [-0.39, 0.29) is 11.8 Å². The summed E-state index contributed by atoms with van der Waals surface area (Å²) in [6.45, 7) is 6.75. The molecule has 1 heterocycles. The SMILES string of the molecule is CCCN1C(=O)C(C)(C)COc2cc(NC(=O)c3cccc4ccccc34)ccc21.